The van der Waals surface area contributed by atoms with Crippen LogP contribution in [-0.2, 0) is 16.0 Å². The first-order valence-corrected chi connectivity index (χ1v) is 9.19. The lowest BCUT2D eigenvalue weighted by Gasteiger charge is -2.30. The van der Waals surface area contributed by atoms with Crippen molar-refractivity contribution in [2.45, 2.75) is 27.2 Å². The number of carbonyl (C=O) groups is 2. The van der Waals surface area contributed by atoms with E-state index in [2.05, 4.69) is 5.32 Å². The number of para-hydroxylation sites is 2. The maximum Gasteiger partial charge on any atom is 0.242 e. The molecule has 0 unspecified atom stereocenters. The van der Waals surface area contributed by atoms with Crippen LogP contribution in [0.1, 0.15) is 26.3 Å². The van der Waals surface area contributed by atoms with E-state index < -0.39 is 5.41 Å². The van der Waals surface area contributed by atoms with Crippen LogP contribution in [0.5, 0.6) is 5.75 Å². The predicted octanol–water partition coefficient (Wildman–Crippen LogP) is 3.43. The van der Waals surface area contributed by atoms with Gasteiger partial charge in [-0.3, -0.25) is 9.59 Å². The molecule has 27 heavy (non-hydrogen) atoms. The van der Waals surface area contributed by atoms with Crippen molar-refractivity contribution in [1.82, 2.24) is 5.32 Å². The summed E-state index contributed by atoms with van der Waals surface area (Å²) in [5.74, 6) is 0.297. The van der Waals surface area contributed by atoms with E-state index in [1.165, 1.54) is 0 Å². The Hall–Kier alpha value is -2.82. The molecule has 2 amide bonds. The van der Waals surface area contributed by atoms with Gasteiger partial charge in [-0.1, -0.05) is 36.4 Å². The molecule has 2 rings (SSSR count). The lowest BCUT2D eigenvalue weighted by atomic mass is 9.89. The summed E-state index contributed by atoms with van der Waals surface area (Å²) in [5, 5.41) is 2.89. The highest BCUT2D eigenvalue weighted by Gasteiger charge is 2.39. The minimum atomic E-state index is -1.16. The lowest BCUT2D eigenvalue weighted by molar-refractivity contribution is -0.139. The van der Waals surface area contributed by atoms with E-state index in [9.17, 15) is 9.59 Å². The van der Waals surface area contributed by atoms with Gasteiger partial charge in [0.15, 0.2) is 0 Å². The van der Waals surface area contributed by atoms with Gasteiger partial charge in [0.2, 0.25) is 11.8 Å². The summed E-state index contributed by atoms with van der Waals surface area (Å²) in [5.41, 5.74) is 0.649. The van der Waals surface area contributed by atoms with Gasteiger partial charge in [-0.25, -0.2) is 0 Å². The van der Waals surface area contributed by atoms with E-state index in [1.54, 1.807) is 25.9 Å². The Morgan fingerprint density at radius 3 is 2.30 bits per heavy atom. The summed E-state index contributed by atoms with van der Waals surface area (Å²) >= 11 is 0. The van der Waals surface area contributed by atoms with Gasteiger partial charge in [-0.05, 0) is 51.0 Å². The Morgan fingerprint density at radius 1 is 1.04 bits per heavy atom. The molecule has 0 aliphatic rings. The first kappa shape index (κ1) is 20.5. The molecule has 1 N–H and O–H groups in total. The second kappa shape index (κ2) is 9.21. The Labute approximate surface area is 161 Å². The minimum absolute atomic E-state index is 0.217. The average Bonchev–Trinajstić information content (AvgIpc) is 2.69. The molecule has 0 fully saturated rings. The molecule has 0 aliphatic heterocycles. The van der Waals surface area contributed by atoms with E-state index in [-0.39, 0.29) is 11.8 Å². The number of rotatable bonds is 8. The van der Waals surface area contributed by atoms with Crippen LogP contribution < -0.4 is 15.0 Å². The van der Waals surface area contributed by atoms with E-state index in [0.717, 1.165) is 17.0 Å². The maximum atomic E-state index is 13.0. The van der Waals surface area contributed by atoms with Crippen LogP contribution in [0.4, 0.5) is 5.69 Å². The van der Waals surface area contributed by atoms with Crippen LogP contribution in [0.2, 0.25) is 0 Å². The Balaban J connectivity index is 2.02. The van der Waals surface area contributed by atoms with Crippen molar-refractivity contribution in [2.24, 2.45) is 5.41 Å². The first-order valence-electron chi connectivity index (χ1n) is 9.19. The van der Waals surface area contributed by atoms with Gasteiger partial charge in [0.05, 0.1) is 7.11 Å². The molecule has 144 valence electrons. The summed E-state index contributed by atoms with van der Waals surface area (Å²) in [6.45, 7) is 6.17. The Morgan fingerprint density at radius 2 is 1.67 bits per heavy atom. The highest BCUT2D eigenvalue weighted by Crippen LogP contribution is 2.24. The van der Waals surface area contributed by atoms with Crippen molar-refractivity contribution in [3.8, 4) is 5.75 Å². The zero-order valence-corrected chi connectivity index (χ0v) is 16.5. The number of benzene rings is 2. The molecular formula is C22H28N2O3. The van der Waals surface area contributed by atoms with Gasteiger partial charge in [0.25, 0.3) is 0 Å². The van der Waals surface area contributed by atoms with Gasteiger partial charge in [0, 0.05) is 18.8 Å². The molecule has 2 aromatic carbocycles. The lowest BCUT2D eigenvalue weighted by Crippen LogP contribution is -2.50. The van der Waals surface area contributed by atoms with Crippen LogP contribution in [0.25, 0.3) is 0 Å². The van der Waals surface area contributed by atoms with E-state index in [4.69, 9.17) is 4.74 Å². The van der Waals surface area contributed by atoms with Gasteiger partial charge >= 0.3 is 0 Å². The topological polar surface area (TPSA) is 58.6 Å². The quantitative estimate of drug-likeness (QED) is 0.726. The van der Waals surface area contributed by atoms with Gasteiger partial charge in [0.1, 0.15) is 11.2 Å². The number of amides is 2. The number of hydrogen-bond acceptors (Lipinski definition) is 3. The average molecular weight is 368 g/mol. The number of hydrogen-bond donors (Lipinski definition) is 1. The van der Waals surface area contributed by atoms with Crippen molar-refractivity contribution >= 4 is 17.5 Å². The van der Waals surface area contributed by atoms with Gasteiger partial charge in [-0.15, -0.1) is 0 Å². The van der Waals surface area contributed by atoms with E-state index >= 15 is 0 Å². The van der Waals surface area contributed by atoms with Crippen molar-refractivity contribution in [3.05, 3.63) is 60.2 Å². The van der Waals surface area contributed by atoms with E-state index in [0.29, 0.717) is 19.5 Å². The third-order valence-electron chi connectivity index (χ3n) is 4.60. The summed E-state index contributed by atoms with van der Waals surface area (Å²) in [6.07, 6.45) is 0.635. The molecule has 0 bridgehead atoms. The third kappa shape index (κ3) is 4.88. The number of ether oxygens (including phenoxy) is 1. The van der Waals surface area contributed by atoms with Crippen LogP contribution in [-0.4, -0.2) is 32.0 Å². The fourth-order valence-corrected chi connectivity index (χ4v) is 2.93. The molecule has 0 heterocycles. The number of nitrogens with one attached hydrogen (secondary N) is 1. The van der Waals surface area contributed by atoms with Crippen molar-refractivity contribution < 1.29 is 14.3 Å². The van der Waals surface area contributed by atoms with Crippen LogP contribution in [0, 0.1) is 5.41 Å². The van der Waals surface area contributed by atoms with Crippen LogP contribution >= 0.6 is 0 Å². The SMILES string of the molecule is CCN(C(=O)C(C)(C)C(=O)NCCc1ccccc1OC)c1ccccc1. The number of nitrogens with zero attached hydrogens (tertiary/aromatic N) is 1. The molecule has 0 radical (unpaired) electrons. The second-order valence-electron chi connectivity index (χ2n) is 6.83. The highest BCUT2D eigenvalue weighted by molar-refractivity contribution is 6.11. The third-order valence-corrected chi connectivity index (χ3v) is 4.60. The Bertz CT molecular complexity index is 772. The molecule has 0 spiro atoms. The standard InChI is InChI=1S/C22H28N2O3/c1-5-24(18-12-7-6-8-13-18)21(26)22(2,3)20(25)23-16-15-17-11-9-10-14-19(17)27-4/h6-14H,5,15-16H2,1-4H3,(H,23,25). The Kier molecular flexibility index (Phi) is 6.99. The number of methoxy groups -OCH3 is 1. The molecule has 5 heteroatoms. The van der Waals surface area contributed by atoms with Crippen LogP contribution in [0.15, 0.2) is 54.6 Å². The highest BCUT2D eigenvalue weighted by atomic mass is 16.5. The first-order chi connectivity index (χ1) is 12.9. The fourth-order valence-electron chi connectivity index (χ4n) is 2.93. The molecule has 5 nitrogen and oxygen atoms in total. The number of carbonyl (C=O) groups excluding carboxylic acids is 2. The smallest absolute Gasteiger partial charge is 0.242 e. The second-order valence-corrected chi connectivity index (χ2v) is 6.83. The molecule has 0 aliphatic carbocycles. The predicted molar refractivity (Wildman–Crippen MR) is 108 cm³/mol. The van der Waals surface area contributed by atoms with E-state index in [1.807, 2.05) is 61.5 Å². The summed E-state index contributed by atoms with van der Waals surface area (Å²) < 4.78 is 5.33. The fraction of sp³-hybridized carbons (Fsp3) is 0.364. The normalized spacial score (nSPS) is 11.0. The molecule has 0 saturated heterocycles. The summed E-state index contributed by atoms with van der Waals surface area (Å²) in [4.78, 5) is 27.4. The maximum absolute atomic E-state index is 13.0. The summed E-state index contributed by atoms with van der Waals surface area (Å²) in [6, 6.07) is 17.1. The monoisotopic (exact) mass is 368 g/mol. The molecule has 0 saturated carbocycles. The van der Waals surface area contributed by atoms with Gasteiger partial charge in [-0.2, -0.15) is 0 Å². The van der Waals surface area contributed by atoms with Crippen molar-refractivity contribution in [1.29, 1.82) is 0 Å². The zero-order valence-electron chi connectivity index (χ0n) is 16.5. The molecular weight excluding hydrogens is 340 g/mol. The largest absolute Gasteiger partial charge is 0.496 e. The molecule has 2 aromatic rings. The molecule has 0 aromatic heterocycles. The van der Waals surface area contributed by atoms with Crippen LogP contribution in [0.3, 0.4) is 0 Å². The molecule has 0 atom stereocenters. The minimum Gasteiger partial charge on any atom is -0.496 e. The van der Waals surface area contributed by atoms with Crippen molar-refractivity contribution in [2.75, 3.05) is 25.1 Å². The van der Waals surface area contributed by atoms with Gasteiger partial charge < -0.3 is 15.0 Å². The zero-order chi connectivity index (χ0) is 19.9. The number of anilines is 1. The van der Waals surface area contributed by atoms with Crippen molar-refractivity contribution in [3.63, 3.8) is 0 Å². The summed E-state index contributed by atoms with van der Waals surface area (Å²) in [7, 11) is 1.63.